The molecule has 3 aromatic heterocycles. The van der Waals surface area contributed by atoms with Crippen molar-refractivity contribution < 1.29 is 18.4 Å². The number of aromatic amines is 1. The van der Waals surface area contributed by atoms with Gasteiger partial charge in [0.15, 0.2) is 17.3 Å². The van der Waals surface area contributed by atoms with Gasteiger partial charge in [-0.2, -0.15) is 10.1 Å². The maximum absolute atomic E-state index is 5.81. The second-order valence-electron chi connectivity index (χ2n) is 6.30. The normalized spacial score (nSPS) is 12.7. The number of ether oxygens (including phenoxy) is 2. The third-order valence-electron chi connectivity index (χ3n) is 4.60. The molecule has 2 aromatic carbocycles. The van der Waals surface area contributed by atoms with E-state index in [1.807, 2.05) is 48.5 Å². The number of furan rings is 1. The Hall–Kier alpha value is -4.07. The molecule has 0 radical (unpaired) electrons. The lowest BCUT2D eigenvalue weighted by atomic mass is 10.1. The minimum Gasteiger partial charge on any atom is -0.454 e. The zero-order valence-electron chi connectivity index (χ0n) is 14.4. The fourth-order valence-corrected chi connectivity index (χ4v) is 3.25. The summed E-state index contributed by atoms with van der Waals surface area (Å²) in [6.07, 6.45) is 1.65. The van der Waals surface area contributed by atoms with Gasteiger partial charge in [0.2, 0.25) is 12.6 Å². The molecular formula is C20H12N4O4. The first-order valence-corrected chi connectivity index (χ1v) is 8.61. The van der Waals surface area contributed by atoms with Crippen LogP contribution >= 0.6 is 0 Å². The van der Waals surface area contributed by atoms with Gasteiger partial charge < -0.3 is 18.4 Å². The van der Waals surface area contributed by atoms with Crippen LogP contribution in [0.25, 0.3) is 45.3 Å². The van der Waals surface area contributed by atoms with Gasteiger partial charge in [-0.3, -0.25) is 5.10 Å². The average Bonchev–Trinajstić information content (AvgIpc) is 3.52. The van der Waals surface area contributed by atoms with Crippen LogP contribution in [0.3, 0.4) is 0 Å². The second kappa shape index (κ2) is 5.71. The Labute approximate surface area is 157 Å². The van der Waals surface area contributed by atoms with Crippen molar-refractivity contribution in [3.8, 4) is 45.8 Å². The van der Waals surface area contributed by atoms with E-state index >= 15 is 0 Å². The summed E-state index contributed by atoms with van der Waals surface area (Å²) in [6, 6.07) is 15.3. The summed E-state index contributed by atoms with van der Waals surface area (Å²) in [6.45, 7) is 0.221. The van der Waals surface area contributed by atoms with Gasteiger partial charge in [0.05, 0.1) is 17.5 Å². The molecule has 8 heteroatoms. The lowest BCUT2D eigenvalue weighted by Crippen LogP contribution is -1.92. The zero-order valence-corrected chi connectivity index (χ0v) is 14.4. The first-order chi connectivity index (χ1) is 13.8. The first-order valence-electron chi connectivity index (χ1n) is 8.61. The average molecular weight is 372 g/mol. The van der Waals surface area contributed by atoms with Crippen LogP contribution in [0, 0.1) is 0 Å². The van der Waals surface area contributed by atoms with E-state index in [1.54, 1.807) is 6.20 Å². The molecule has 1 N–H and O–H groups in total. The summed E-state index contributed by atoms with van der Waals surface area (Å²) in [7, 11) is 0. The largest absolute Gasteiger partial charge is 0.454 e. The summed E-state index contributed by atoms with van der Waals surface area (Å²) >= 11 is 0. The minimum atomic E-state index is 0.221. The molecule has 1 aliphatic heterocycles. The molecule has 5 aromatic rings. The molecule has 1 aliphatic rings. The van der Waals surface area contributed by atoms with Crippen molar-refractivity contribution in [2.45, 2.75) is 0 Å². The minimum absolute atomic E-state index is 0.221. The van der Waals surface area contributed by atoms with Gasteiger partial charge in [-0.25, -0.2) is 0 Å². The van der Waals surface area contributed by atoms with Crippen molar-refractivity contribution >= 4 is 11.0 Å². The number of hydrogen-bond donors (Lipinski definition) is 1. The molecule has 6 rings (SSSR count). The highest BCUT2D eigenvalue weighted by Crippen LogP contribution is 2.38. The number of nitrogens with one attached hydrogen (secondary N) is 1. The van der Waals surface area contributed by atoms with Crippen LogP contribution in [0.5, 0.6) is 11.5 Å². The Morgan fingerprint density at radius 3 is 2.86 bits per heavy atom. The van der Waals surface area contributed by atoms with Gasteiger partial charge in [-0.15, -0.1) is 0 Å². The van der Waals surface area contributed by atoms with Crippen molar-refractivity contribution in [2.75, 3.05) is 6.79 Å². The quantitative estimate of drug-likeness (QED) is 0.505. The molecule has 0 atom stereocenters. The fourth-order valence-electron chi connectivity index (χ4n) is 3.25. The van der Waals surface area contributed by atoms with Gasteiger partial charge in [0.1, 0.15) is 5.58 Å². The molecule has 0 fully saturated rings. The van der Waals surface area contributed by atoms with Crippen LogP contribution < -0.4 is 9.47 Å². The van der Waals surface area contributed by atoms with E-state index in [4.69, 9.17) is 18.4 Å². The Morgan fingerprint density at radius 1 is 0.964 bits per heavy atom. The molecule has 0 saturated heterocycles. The summed E-state index contributed by atoms with van der Waals surface area (Å²) in [4.78, 5) is 4.49. The molecule has 28 heavy (non-hydrogen) atoms. The summed E-state index contributed by atoms with van der Waals surface area (Å²) in [5.74, 6) is 2.67. The number of H-pyrrole nitrogens is 1. The molecule has 0 bridgehead atoms. The maximum Gasteiger partial charge on any atom is 0.262 e. The van der Waals surface area contributed by atoms with Crippen LogP contribution in [0.4, 0.5) is 0 Å². The maximum atomic E-state index is 5.81. The zero-order chi connectivity index (χ0) is 18.5. The molecule has 0 aliphatic carbocycles. The van der Waals surface area contributed by atoms with Crippen LogP contribution in [-0.2, 0) is 0 Å². The topological polar surface area (TPSA) is 99.2 Å². The van der Waals surface area contributed by atoms with Gasteiger partial charge in [0, 0.05) is 10.9 Å². The Balaban J connectivity index is 1.39. The number of para-hydroxylation sites is 1. The van der Waals surface area contributed by atoms with E-state index in [2.05, 4.69) is 20.3 Å². The molecule has 136 valence electrons. The highest BCUT2D eigenvalue weighted by molar-refractivity contribution is 5.82. The Kier molecular flexibility index (Phi) is 3.07. The van der Waals surface area contributed by atoms with E-state index < -0.39 is 0 Å². The lowest BCUT2D eigenvalue weighted by Gasteiger charge is -2.02. The molecule has 4 heterocycles. The Morgan fingerprint density at radius 2 is 1.89 bits per heavy atom. The lowest BCUT2D eigenvalue weighted by molar-refractivity contribution is 0.174. The molecular weight excluding hydrogens is 360 g/mol. The molecule has 0 spiro atoms. The highest BCUT2D eigenvalue weighted by atomic mass is 16.7. The van der Waals surface area contributed by atoms with Crippen LogP contribution in [0.2, 0.25) is 0 Å². The number of hydrogen-bond acceptors (Lipinski definition) is 7. The second-order valence-corrected chi connectivity index (χ2v) is 6.30. The SMILES string of the molecule is c1ccc2oc(-c3noc(-c4cn[nH]c4-c4ccc5c(c4)OCO5)n3)cc2c1. The predicted octanol–water partition coefficient (Wildman–Crippen LogP) is 4.27. The summed E-state index contributed by atoms with van der Waals surface area (Å²) in [5.41, 5.74) is 3.08. The monoisotopic (exact) mass is 372 g/mol. The van der Waals surface area contributed by atoms with Crippen molar-refractivity contribution in [1.82, 2.24) is 20.3 Å². The standard InChI is InChI=1S/C20H12N4O4/c1-2-4-14-11(3-1)7-17(27-14)19-22-20(28-24-19)13-9-21-23-18(13)12-5-6-15-16(8-12)26-10-25-15/h1-9H,10H2,(H,21,23). The summed E-state index contributed by atoms with van der Waals surface area (Å²) < 4.78 is 22.1. The van der Waals surface area contributed by atoms with Crippen LogP contribution in [0.1, 0.15) is 0 Å². The van der Waals surface area contributed by atoms with E-state index in [0.29, 0.717) is 28.8 Å². The highest BCUT2D eigenvalue weighted by Gasteiger charge is 2.21. The molecule has 0 saturated carbocycles. The summed E-state index contributed by atoms with van der Waals surface area (Å²) in [5, 5.41) is 12.2. The van der Waals surface area contributed by atoms with Gasteiger partial charge in [-0.1, -0.05) is 23.4 Å². The van der Waals surface area contributed by atoms with E-state index in [-0.39, 0.29) is 6.79 Å². The van der Waals surface area contributed by atoms with E-state index in [1.165, 1.54) is 0 Å². The third-order valence-corrected chi connectivity index (χ3v) is 4.60. The smallest absolute Gasteiger partial charge is 0.262 e. The molecule has 8 nitrogen and oxygen atoms in total. The fraction of sp³-hybridized carbons (Fsp3) is 0.0500. The van der Waals surface area contributed by atoms with Crippen LogP contribution in [-0.4, -0.2) is 27.1 Å². The van der Waals surface area contributed by atoms with Gasteiger partial charge >= 0.3 is 0 Å². The third kappa shape index (κ3) is 2.28. The number of fused-ring (bicyclic) bond motifs is 2. The number of rotatable bonds is 3. The predicted molar refractivity (Wildman–Crippen MR) is 98.6 cm³/mol. The van der Waals surface area contributed by atoms with E-state index in [0.717, 1.165) is 28.0 Å². The van der Waals surface area contributed by atoms with Crippen molar-refractivity contribution in [3.63, 3.8) is 0 Å². The van der Waals surface area contributed by atoms with Crippen molar-refractivity contribution in [1.29, 1.82) is 0 Å². The van der Waals surface area contributed by atoms with Crippen molar-refractivity contribution in [3.05, 3.63) is 54.7 Å². The first kappa shape index (κ1) is 15.0. The van der Waals surface area contributed by atoms with Crippen molar-refractivity contribution in [2.24, 2.45) is 0 Å². The van der Waals surface area contributed by atoms with Gasteiger partial charge in [0.25, 0.3) is 5.89 Å². The number of aromatic nitrogens is 4. The van der Waals surface area contributed by atoms with E-state index in [9.17, 15) is 0 Å². The number of benzene rings is 2. The number of nitrogens with zero attached hydrogens (tertiary/aromatic N) is 3. The molecule has 0 amide bonds. The van der Waals surface area contributed by atoms with Crippen LogP contribution in [0.15, 0.2) is 63.7 Å². The molecule has 0 unspecified atom stereocenters. The Bertz CT molecular complexity index is 1280. The van der Waals surface area contributed by atoms with Gasteiger partial charge in [-0.05, 0) is 30.3 Å².